The molecule has 0 bridgehead atoms. The van der Waals surface area contributed by atoms with E-state index in [-0.39, 0.29) is 17.5 Å². The number of halogens is 2. The summed E-state index contributed by atoms with van der Waals surface area (Å²) in [6.07, 6.45) is 0.780. The number of amides is 2. The molecule has 2 amide bonds. The Hall–Kier alpha value is -1.62. The Kier molecular flexibility index (Phi) is 3.28. The first-order valence-electron chi connectivity index (χ1n) is 5.08. The first-order chi connectivity index (χ1) is 8.10. The zero-order valence-electron chi connectivity index (χ0n) is 8.85. The van der Waals surface area contributed by atoms with Crippen LogP contribution in [0.4, 0.5) is 15.8 Å². The highest BCUT2D eigenvalue weighted by Gasteiger charge is 2.19. The Morgan fingerprint density at radius 1 is 1.47 bits per heavy atom. The number of hydrogen-bond donors (Lipinski definition) is 2. The zero-order valence-corrected chi connectivity index (χ0v) is 9.60. The molecule has 2 N–H and O–H groups in total. The summed E-state index contributed by atoms with van der Waals surface area (Å²) >= 11 is 5.34. The summed E-state index contributed by atoms with van der Waals surface area (Å²) in [5, 5.41) is 4.94. The van der Waals surface area contributed by atoms with Crippen LogP contribution < -0.4 is 10.6 Å². The van der Waals surface area contributed by atoms with Gasteiger partial charge in [0, 0.05) is 12.1 Å². The second-order valence-electron chi connectivity index (χ2n) is 3.72. The molecule has 1 aromatic carbocycles. The Labute approximate surface area is 102 Å². The topological polar surface area (TPSA) is 58.2 Å². The average Bonchev–Trinajstić information content (AvgIpc) is 2.30. The van der Waals surface area contributed by atoms with Crippen molar-refractivity contribution in [1.29, 1.82) is 0 Å². The number of carbonyl (C=O) groups is 2. The molecule has 0 atom stereocenters. The first-order valence-corrected chi connectivity index (χ1v) is 5.61. The van der Waals surface area contributed by atoms with E-state index in [1.807, 2.05) is 0 Å². The Morgan fingerprint density at radius 3 is 2.94 bits per heavy atom. The summed E-state index contributed by atoms with van der Waals surface area (Å²) in [5.74, 6) is -1.34. The van der Waals surface area contributed by atoms with Gasteiger partial charge in [0.25, 0.3) is 0 Å². The highest BCUT2D eigenvalue weighted by Crippen LogP contribution is 2.29. The fourth-order valence-corrected chi connectivity index (χ4v) is 1.78. The number of nitrogens with one attached hydrogen (secondary N) is 2. The average molecular weight is 257 g/mol. The van der Waals surface area contributed by atoms with Gasteiger partial charge in [-0.25, -0.2) is 4.39 Å². The van der Waals surface area contributed by atoms with E-state index >= 15 is 0 Å². The largest absolute Gasteiger partial charge is 0.325 e. The number of aryl methyl sites for hydroxylation is 1. The quantitative estimate of drug-likeness (QED) is 0.794. The molecule has 1 aromatic rings. The van der Waals surface area contributed by atoms with Gasteiger partial charge in [-0.2, -0.15) is 0 Å². The van der Waals surface area contributed by atoms with Crippen LogP contribution in [0.15, 0.2) is 12.1 Å². The van der Waals surface area contributed by atoms with Crippen molar-refractivity contribution in [3.63, 3.8) is 0 Å². The lowest BCUT2D eigenvalue weighted by Crippen LogP contribution is -2.21. The maximum Gasteiger partial charge on any atom is 0.239 e. The normalized spacial score (nSPS) is 13.9. The third-order valence-electron chi connectivity index (χ3n) is 2.46. The molecular weight excluding hydrogens is 247 g/mol. The number of alkyl halides is 1. The first kappa shape index (κ1) is 11.9. The summed E-state index contributed by atoms with van der Waals surface area (Å²) in [6, 6.07) is 2.80. The standard InChI is InChI=1S/C11H10ClFN2O2/c12-5-10(17)14-7-3-6-1-2-9(16)15-11(6)8(13)4-7/h3-4H,1-2,5H2,(H,14,17)(H,15,16). The van der Waals surface area contributed by atoms with Gasteiger partial charge in [-0.3, -0.25) is 9.59 Å². The summed E-state index contributed by atoms with van der Waals surface area (Å²) in [6.45, 7) is 0. The van der Waals surface area contributed by atoms with Crippen LogP contribution >= 0.6 is 11.6 Å². The van der Waals surface area contributed by atoms with Crippen molar-refractivity contribution in [3.05, 3.63) is 23.5 Å². The third-order valence-corrected chi connectivity index (χ3v) is 2.71. The van der Waals surface area contributed by atoms with Gasteiger partial charge in [-0.05, 0) is 24.1 Å². The van der Waals surface area contributed by atoms with E-state index in [1.54, 1.807) is 6.07 Å². The molecular formula is C11H10ClFN2O2. The molecule has 0 spiro atoms. The van der Waals surface area contributed by atoms with Crippen molar-refractivity contribution in [2.75, 3.05) is 16.5 Å². The van der Waals surface area contributed by atoms with Gasteiger partial charge in [0.2, 0.25) is 11.8 Å². The van der Waals surface area contributed by atoms with Crippen LogP contribution in [-0.2, 0) is 16.0 Å². The zero-order chi connectivity index (χ0) is 12.4. The minimum Gasteiger partial charge on any atom is -0.325 e. The molecule has 6 heteroatoms. The minimum atomic E-state index is -0.555. The maximum atomic E-state index is 13.7. The minimum absolute atomic E-state index is 0.185. The monoisotopic (exact) mass is 256 g/mol. The molecule has 0 unspecified atom stereocenters. The van der Waals surface area contributed by atoms with Crippen LogP contribution in [0, 0.1) is 5.82 Å². The van der Waals surface area contributed by atoms with E-state index in [0.717, 1.165) is 6.07 Å². The van der Waals surface area contributed by atoms with Gasteiger partial charge in [0.05, 0.1) is 5.69 Å². The van der Waals surface area contributed by atoms with Crippen LogP contribution in [0.5, 0.6) is 0 Å². The molecule has 4 nitrogen and oxygen atoms in total. The van der Waals surface area contributed by atoms with Gasteiger partial charge in [0.15, 0.2) is 0 Å². The second kappa shape index (κ2) is 4.71. The van der Waals surface area contributed by atoms with E-state index in [9.17, 15) is 14.0 Å². The number of anilines is 2. The van der Waals surface area contributed by atoms with Crippen molar-refractivity contribution >= 4 is 34.8 Å². The number of rotatable bonds is 2. The van der Waals surface area contributed by atoms with Gasteiger partial charge >= 0.3 is 0 Å². The fourth-order valence-electron chi connectivity index (χ4n) is 1.72. The lowest BCUT2D eigenvalue weighted by Gasteiger charge is -2.18. The highest BCUT2D eigenvalue weighted by atomic mass is 35.5. The van der Waals surface area contributed by atoms with Crippen LogP contribution in [-0.4, -0.2) is 17.7 Å². The van der Waals surface area contributed by atoms with Crippen LogP contribution in [0.3, 0.4) is 0 Å². The Bertz CT molecular complexity index is 491. The molecule has 0 aromatic heterocycles. The van der Waals surface area contributed by atoms with Gasteiger partial charge < -0.3 is 10.6 Å². The fraction of sp³-hybridized carbons (Fsp3) is 0.273. The van der Waals surface area contributed by atoms with Crippen LogP contribution in [0.2, 0.25) is 0 Å². The van der Waals surface area contributed by atoms with E-state index in [1.165, 1.54) is 0 Å². The number of hydrogen-bond acceptors (Lipinski definition) is 2. The molecule has 0 saturated carbocycles. The summed E-state index contributed by atoms with van der Waals surface area (Å²) in [4.78, 5) is 22.2. The Morgan fingerprint density at radius 2 is 2.24 bits per heavy atom. The second-order valence-corrected chi connectivity index (χ2v) is 3.99. The summed E-state index contributed by atoms with van der Waals surface area (Å²) < 4.78 is 13.7. The molecule has 1 aliphatic rings. The van der Waals surface area contributed by atoms with Gasteiger partial charge in [-0.15, -0.1) is 11.6 Å². The summed E-state index contributed by atoms with van der Waals surface area (Å²) in [5.41, 5.74) is 1.22. The number of carbonyl (C=O) groups excluding carboxylic acids is 2. The van der Waals surface area contributed by atoms with E-state index in [4.69, 9.17) is 11.6 Å². The predicted octanol–water partition coefficient (Wildman–Crippen LogP) is 1.89. The van der Waals surface area contributed by atoms with E-state index in [0.29, 0.717) is 24.1 Å². The molecule has 1 aliphatic heterocycles. The molecule has 0 fully saturated rings. The SMILES string of the molecule is O=C(CCl)Nc1cc(F)c2c(c1)CCC(=O)N2. The smallest absolute Gasteiger partial charge is 0.239 e. The molecule has 1 heterocycles. The lowest BCUT2D eigenvalue weighted by molar-refractivity contribution is -0.116. The van der Waals surface area contributed by atoms with Crippen molar-refractivity contribution in [2.45, 2.75) is 12.8 Å². The molecule has 90 valence electrons. The summed E-state index contributed by atoms with van der Waals surface area (Å²) in [7, 11) is 0. The highest BCUT2D eigenvalue weighted by molar-refractivity contribution is 6.29. The number of fused-ring (bicyclic) bond motifs is 1. The molecule has 17 heavy (non-hydrogen) atoms. The van der Waals surface area contributed by atoms with E-state index in [2.05, 4.69) is 10.6 Å². The van der Waals surface area contributed by atoms with Crippen LogP contribution in [0.25, 0.3) is 0 Å². The lowest BCUT2D eigenvalue weighted by atomic mass is 10.0. The third kappa shape index (κ3) is 2.55. The van der Waals surface area contributed by atoms with Crippen molar-refractivity contribution in [1.82, 2.24) is 0 Å². The number of benzene rings is 1. The predicted molar refractivity (Wildman–Crippen MR) is 62.7 cm³/mol. The molecule has 2 rings (SSSR count). The molecule has 0 radical (unpaired) electrons. The van der Waals surface area contributed by atoms with Crippen molar-refractivity contribution in [2.24, 2.45) is 0 Å². The van der Waals surface area contributed by atoms with Crippen LogP contribution in [0.1, 0.15) is 12.0 Å². The molecule has 0 aliphatic carbocycles. The van der Waals surface area contributed by atoms with Crippen molar-refractivity contribution in [3.8, 4) is 0 Å². The molecule has 0 saturated heterocycles. The van der Waals surface area contributed by atoms with Crippen molar-refractivity contribution < 1.29 is 14.0 Å². The van der Waals surface area contributed by atoms with E-state index < -0.39 is 11.7 Å². The maximum absolute atomic E-state index is 13.7. The van der Waals surface area contributed by atoms with Gasteiger partial charge in [0.1, 0.15) is 11.7 Å². The Balaban J connectivity index is 2.31. The van der Waals surface area contributed by atoms with Gasteiger partial charge in [-0.1, -0.05) is 0 Å².